The van der Waals surface area contributed by atoms with Crippen molar-refractivity contribution in [2.75, 3.05) is 5.01 Å². The SMILES string of the molecule is O=C1NN(c2ccccc2)C(=O)/C1=C\c1cc(Br)c(OCc2cccc(C(=O)O)c2)c([N+](=O)[O-])c1. The maximum absolute atomic E-state index is 12.8. The number of benzene rings is 3. The lowest BCUT2D eigenvalue weighted by atomic mass is 10.1. The Bertz CT molecular complexity index is 1390. The highest BCUT2D eigenvalue weighted by molar-refractivity contribution is 9.10. The van der Waals surface area contributed by atoms with Crippen molar-refractivity contribution in [1.82, 2.24) is 5.43 Å². The lowest BCUT2D eigenvalue weighted by Crippen LogP contribution is -2.35. The molecule has 1 fully saturated rings. The zero-order valence-electron chi connectivity index (χ0n) is 17.8. The van der Waals surface area contributed by atoms with Crippen LogP contribution < -0.4 is 15.2 Å². The number of hydrogen-bond donors (Lipinski definition) is 2. The predicted octanol–water partition coefficient (Wildman–Crippen LogP) is 4.10. The fraction of sp³-hybridized carbons (Fsp3) is 0.0417. The molecule has 1 aliphatic rings. The number of halogens is 1. The minimum atomic E-state index is -1.10. The van der Waals surface area contributed by atoms with Crippen molar-refractivity contribution in [3.8, 4) is 5.75 Å². The van der Waals surface area contributed by atoms with Gasteiger partial charge in [-0.05, 0) is 63.5 Å². The number of carboxylic acids is 1. The Morgan fingerprint density at radius 2 is 1.86 bits per heavy atom. The molecule has 0 bridgehead atoms. The van der Waals surface area contributed by atoms with Crippen molar-refractivity contribution >= 4 is 51.2 Å². The van der Waals surface area contributed by atoms with Crippen LogP contribution in [0.1, 0.15) is 21.5 Å². The van der Waals surface area contributed by atoms with E-state index in [2.05, 4.69) is 21.4 Å². The highest BCUT2D eigenvalue weighted by Gasteiger charge is 2.34. The average Bonchev–Trinajstić information content (AvgIpc) is 3.12. The van der Waals surface area contributed by atoms with Gasteiger partial charge >= 0.3 is 11.7 Å². The second-order valence-corrected chi connectivity index (χ2v) is 8.23. The number of nitro groups is 1. The molecule has 0 atom stereocenters. The molecular weight excluding hydrogens is 522 g/mol. The number of carboxylic acid groups (broad SMARTS) is 1. The number of aromatic carboxylic acids is 1. The van der Waals surface area contributed by atoms with Crippen molar-refractivity contribution in [2.45, 2.75) is 6.61 Å². The Hall–Kier alpha value is -4.51. The molecule has 35 heavy (non-hydrogen) atoms. The van der Waals surface area contributed by atoms with Gasteiger partial charge in [0.05, 0.1) is 20.6 Å². The van der Waals surface area contributed by atoms with E-state index in [9.17, 15) is 24.5 Å². The Morgan fingerprint density at radius 1 is 1.11 bits per heavy atom. The van der Waals surface area contributed by atoms with Gasteiger partial charge in [0.25, 0.3) is 11.8 Å². The summed E-state index contributed by atoms with van der Waals surface area (Å²) in [6, 6.07) is 17.2. The topological polar surface area (TPSA) is 139 Å². The van der Waals surface area contributed by atoms with Gasteiger partial charge in [-0.1, -0.05) is 30.3 Å². The van der Waals surface area contributed by atoms with E-state index in [1.165, 1.54) is 30.3 Å². The second-order valence-electron chi connectivity index (χ2n) is 7.38. The third-order valence-electron chi connectivity index (χ3n) is 5.02. The summed E-state index contributed by atoms with van der Waals surface area (Å²) in [4.78, 5) is 47.5. The predicted molar refractivity (Wildman–Crippen MR) is 129 cm³/mol. The highest BCUT2D eigenvalue weighted by atomic mass is 79.9. The Labute approximate surface area is 206 Å². The number of ether oxygens (including phenoxy) is 1. The van der Waals surface area contributed by atoms with Gasteiger partial charge in [-0.3, -0.25) is 25.1 Å². The Kier molecular flexibility index (Phi) is 6.60. The summed E-state index contributed by atoms with van der Waals surface area (Å²) >= 11 is 3.26. The average molecular weight is 538 g/mol. The molecule has 1 aliphatic heterocycles. The summed E-state index contributed by atoms with van der Waals surface area (Å²) in [5.74, 6) is -2.42. The van der Waals surface area contributed by atoms with Crippen LogP contribution in [-0.4, -0.2) is 27.8 Å². The van der Waals surface area contributed by atoms with Gasteiger partial charge in [-0.15, -0.1) is 0 Å². The minimum absolute atomic E-state index is 0.0608. The number of carbonyl (C=O) groups is 3. The molecule has 176 valence electrons. The first-order chi connectivity index (χ1) is 16.7. The molecule has 2 N–H and O–H groups in total. The third-order valence-corrected chi connectivity index (χ3v) is 5.61. The molecule has 0 unspecified atom stereocenters. The van der Waals surface area contributed by atoms with Crippen LogP contribution >= 0.6 is 15.9 Å². The number of hydrogen-bond acceptors (Lipinski definition) is 6. The zero-order chi connectivity index (χ0) is 25.1. The number of nitrogens with one attached hydrogen (secondary N) is 1. The molecular formula is C24H16BrN3O7. The molecule has 0 radical (unpaired) electrons. The van der Waals surface area contributed by atoms with Crippen LogP contribution in [0.4, 0.5) is 11.4 Å². The van der Waals surface area contributed by atoms with E-state index in [-0.39, 0.29) is 33.5 Å². The van der Waals surface area contributed by atoms with Gasteiger partial charge < -0.3 is 9.84 Å². The van der Waals surface area contributed by atoms with Crippen LogP contribution in [0, 0.1) is 10.1 Å². The number of carbonyl (C=O) groups excluding carboxylic acids is 2. The molecule has 3 aromatic rings. The van der Waals surface area contributed by atoms with Crippen LogP contribution in [0.3, 0.4) is 0 Å². The molecule has 11 heteroatoms. The van der Waals surface area contributed by atoms with Crippen molar-refractivity contribution in [3.63, 3.8) is 0 Å². The lowest BCUT2D eigenvalue weighted by Gasteiger charge is -2.13. The molecule has 0 spiro atoms. The van der Waals surface area contributed by atoms with Crippen LogP contribution in [0.15, 0.2) is 76.8 Å². The number of hydrazine groups is 1. The molecule has 0 aliphatic carbocycles. The van der Waals surface area contributed by atoms with Gasteiger partial charge in [-0.2, -0.15) is 0 Å². The fourth-order valence-electron chi connectivity index (χ4n) is 3.39. The first kappa shape index (κ1) is 23.6. The lowest BCUT2D eigenvalue weighted by molar-refractivity contribution is -0.386. The van der Waals surface area contributed by atoms with Crippen LogP contribution in [0.5, 0.6) is 5.75 Å². The van der Waals surface area contributed by atoms with Crippen LogP contribution in [0.25, 0.3) is 6.08 Å². The third kappa shape index (κ3) is 5.04. The highest BCUT2D eigenvalue weighted by Crippen LogP contribution is 2.38. The number of anilines is 1. The first-order valence-corrected chi connectivity index (χ1v) is 10.9. The number of rotatable bonds is 7. The summed E-state index contributed by atoms with van der Waals surface area (Å²) in [6.45, 7) is -0.117. The summed E-state index contributed by atoms with van der Waals surface area (Å²) in [7, 11) is 0. The number of para-hydroxylation sites is 1. The summed E-state index contributed by atoms with van der Waals surface area (Å²) in [6.07, 6.45) is 1.26. The van der Waals surface area contributed by atoms with E-state index in [4.69, 9.17) is 9.84 Å². The van der Waals surface area contributed by atoms with E-state index in [1.807, 2.05) is 0 Å². The summed E-state index contributed by atoms with van der Waals surface area (Å²) < 4.78 is 5.86. The van der Waals surface area contributed by atoms with Crippen molar-refractivity contribution in [2.24, 2.45) is 0 Å². The largest absolute Gasteiger partial charge is 0.481 e. The first-order valence-electron chi connectivity index (χ1n) is 10.1. The van der Waals surface area contributed by atoms with E-state index in [0.29, 0.717) is 11.3 Å². The van der Waals surface area contributed by atoms with Gasteiger partial charge in [0, 0.05) is 6.07 Å². The standard InChI is InChI=1S/C24H16BrN3O7/c25-19-11-15(10-18-22(29)26-27(23(18)30)17-7-2-1-3-8-17)12-20(28(33)34)21(19)35-13-14-5-4-6-16(9-14)24(31)32/h1-12H,13H2,(H,26,29)(H,31,32)/b18-10-. The Morgan fingerprint density at radius 3 is 2.54 bits per heavy atom. The minimum Gasteiger partial charge on any atom is -0.481 e. The van der Waals surface area contributed by atoms with Crippen molar-refractivity contribution < 1.29 is 29.2 Å². The van der Waals surface area contributed by atoms with Crippen LogP contribution in [0.2, 0.25) is 0 Å². The molecule has 0 saturated carbocycles. The van der Waals surface area contributed by atoms with Crippen molar-refractivity contribution in [1.29, 1.82) is 0 Å². The van der Waals surface area contributed by atoms with E-state index in [1.54, 1.807) is 42.5 Å². The molecule has 0 aromatic heterocycles. The smallest absolute Gasteiger partial charge is 0.335 e. The van der Waals surface area contributed by atoms with Gasteiger partial charge in [0.2, 0.25) is 5.75 Å². The monoisotopic (exact) mass is 537 g/mol. The maximum atomic E-state index is 12.8. The van der Waals surface area contributed by atoms with Crippen molar-refractivity contribution in [3.05, 3.63) is 104 Å². The molecule has 3 aromatic carbocycles. The normalized spacial score (nSPS) is 14.2. The zero-order valence-corrected chi connectivity index (χ0v) is 19.4. The van der Waals surface area contributed by atoms with Crippen LogP contribution in [-0.2, 0) is 16.2 Å². The van der Waals surface area contributed by atoms with E-state index >= 15 is 0 Å². The van der Waals surface area contributed by atoms with Gasteiger partial charge in [0.15, 0.2) is 0 Å². The maximum Gasteiger partial charge on any atom is 0.335 e. The molecule has 1 saturated heterocycles. The Balaban J connectivity index is 1.62. The summed E-state index contributed by atoms with van der Waals surface area (Å²) in [5.41, 5.74) is 3.16. The molecule has 4 rings (SSSR count). The summed E-state index contributed by atoms with van der Waals surface area (Å²) in [5, 5.41) is 22.0. The van der Waals surface area contributed by atoms with Gasteiger partial charge in [-0.25, -0.2) is 9.80 Å². The fourth-order valence-corrected chi connectivity index (χ4v) is 3.98. The number of nitrogens with zero attached hydrogens (tertiary/aromatic N) is 2. The van der Waals surface area contributed by atoms with E-state index < -0.39 is 28.4 Å². The van der Waals surface area contributed by atoms with Gasteiger partial charge in [0.1, 0.15) is 12.2 Å². The molecule has 2 amide bonds. The van der Waals surface area contributed by atoms with E-state index in [0.717, 1.165) is 5.01 Å². The second kappa shape index (κ2) is 9.77. The molecule has 1 heterocycles. The quantitative estimate of drug-likeness (QED) is 0.200. The number of nitro benzene ring substituents is 1. The number of amides is 2. The molecule has 10 nitrogen and oxygen atoms in total.